The van der Waals surface area contributed by atoms with Crippen LogP contribution < -0.4 is 5.46 Å². The second kappa shape index (κ2) is 5.07. The average Bonchev–Trinajstić information content (AvgIpc) is 2.17. The summed E-state index contributed by atoms with van der Waals surface area (Å²) in [6.45, 7) is 0. The van der Waals surface area contributed by atoms with Gasteiger partial charge in [0.15, 0.2) is 0 Å². The Hall–Kier alpha value is -0.165. The number of benzene rings is 1. The minimum absolute atomic E-state index is 0.0683. The summed E-state index contributed by atoms with van der Waals surface area (Å²) in [5.41, 5.74) is -0.0683. The van der Waals surface area contributed by atoms with Gasteiger partial charge in [-0.1, -0.05) is 0 Å². The predicted molar refractivity (Wildman–Crippen MR) is 59.8 cm³/mol. The maximum absolute atomic E-state index is 13.5. The van der Waals surface area contributed by atoms with Crippen LogP contribution in [0.4, 0.5) is 4.39 Å². The van der Waals surface area contributed by atoms with E-state index in [1.165, 1.54) is 29.6 Å². The van der Waals surface area contributed by atoms with Gasteiger partial charge in [-0.15, -0.1) is 23.5 Å². The molecular formula is C8H10BFO2S2. The fourth-order valence-electron chi connectivity index (χ4n) is 1.05. The Morgan fingerprint density at radius 1 is 1.21 bits per heavy atom. The Morgan fingerprint density at radius 3 is 2.29 bits per heavy atom. The fraction of sp³-hybridized carbons (Fsp3) is 0.250. The van der Waals surface area contributed by atoms with Crippen molar-refractivity contribution >= 4 is 36.1 Å². The monoisotopic (exact) mass is 232 g/mol. The lowest BCUT2D eigenvalue weighted by molar-refractivity contribution is 0.422. The Balaban J connectivity index is 3.27. The van der Waals surface area contributed by atoms with Gasteiger partial charge < -0.3 is 10.0 Å². The van der Waals surface area contributed by atoms with E-state index in [1.54, 1.807) is 12.3 Å². The van der Waals surface area contributed by atoms with Gasteiger partial charge in [0, 0.05) is 15.3 Å². The standard InChI is InChI=1S/C8H10BFO2S2/c1-13-5-3-6(9(11)12)8(10)7(4-5)14-2/h3-4,11-12H,1-2H3. The van der Waals surface area contributed by atoms with E-state index < -0.39 is 12.9 Å². The number of halogens is 1. The van der Waals surface area contributed by atoms with Gasteiger partial charge in [-0.2, -0.15) is 0 Å². The molecule has 0 saturated heterocycles. The summed E-state index contributed by atoms with van der Waals surface area (Å²) >= 11 is 2.68. The molecule has 2 nitrogen and oxygen atoms in total. The summed E-state index contributed by atoms with van der Waals surface area (Å²) in [4.78, 5) is 1.25. The van der Waals surface area contributed by atoms with Crippen molar-refractivity contribution in [2.75, 3.05) is 12.5 Å². The lowest BCUT2D eigenvalue weighted by Gasteiger charge is -2.08. The maximum atomic E-state index is 13.5. The van der Waals surface area contributed by atoms with Crippen molar-refractivity contribution in [3.05, 3.63) is 17.9 Å². The molecule has 0 radical (unpaired) electrons. The molecule has 0 heterocycles. The first-order valence-corrected chi connectivity index (χ1v) is 6.32. The fourth-order valence-corrected chi connectivity index (χ4v) is 2.14. The van der Waals surface area contributed by atoms with Crippen LogP contribution in [0.2, 0.25) is 0 Å². The van der Waals surface area contributed by atoms with Crippen molar-refractivity contribution in [1.82, 2.24) is 0 Å². The van der Waals surface area contributed by atoms with Gasteiger partial charge in [0.05, 0.1) is 0 Å². The number of hydrogen-bond donors (Lipinski definition) is 2. The first-order valence-electron chi connectivity index (χ1n) is 3.87. The number of hydrogen-bond acceptors (Lipinski definition) is 4. The van der Waals surface area contributed by atoms with Crippen molar-refractivity contribution < 1.29 is 14.4 Å². The Labute approximate surface area is 91.1 Å². The second-order valence-electron chi connectivity index (χ2n) is 2.61. The minimum Gasteiger partial charge on any atom is -0.423 e. The highest BCUT2D eigenvalue weighted by atomic mass is 32.2. The summed E-state index contributed by atoms with van der Waals surface area (Å²) in [6.07, 6.45) is 3.60. The molecule has 0 fully saturated rings. The lowest BCUT2D eigenvalue weighted by Crippen LogP contribution is -2.33. The van der Waals surface area contributed by atoms with Gasteiger partial charge in [0.2, 0.25) is 0 Å². The molecule has 14 heavy (non-hydrogen) atoms. The molecule has 0 aliphatic rings. The molecule has 0 aliphatic heterocycles. The van der Waals surface area contributed by atoms with E-state index in [0.717, 1.165) is 4.90 Å². The van der Waals surface area contributed by atoms with Crippen LogP contribution in [-0.4, -0.2) is 29.7 Å². The third-order valence-corrected chi connectivity index (χ3v) is 3.22. The Kier molecular flexibility index (Phi) is 4.31. The summed E-state index contributed by atoms with van der Waals surface area (Å²) in [5.74, 6) is -0.551. The first-order chi connectivity index (χ1) is 6.60. The van der Waals surface area contributed by atoms with Gasteiger partial charge in [0.25, 0.3) is 0 Å². The van der Waals surface area contributed by atoms with Gasteiger partial charge in [-0.05, 0) is 24.6 Å². The van der Waals surface area contributed by atoms with Crippen LogP contribution in [-0.2, 0) is 0 Å². The second-order valence-corrected chi connectivity index (χ2v) is 4.33. The largest absolute Gasteiger partial charge is 0.491 e. The van der Waals surface area contributed by atoms with Crippen LogP contribution in [0.25, 0.3) is 0 Å². The van der Waals surface area contributed by atoms with E-state index in [9.17, 15) is 4.39 Å². The van der Waals surface area contributed by atoms with Gasteiger partial charge in [-0.3, -0.25) is 0 Å². The molecule has 6 heteroatoms. The minimum atomic E-state index is -1.76. The van der Waals surface area contributed by atoms with E-state index >= 15 is 0 Å². The summed E-state index contributed by atoms with van der Waals surface area (Å²) < 4.78 is 13.5. The number of rotatable bonds is 3. The van der Waals surface area contributed by atoms with Crippen molar-refractivity contribution in [3.8, 4) is 0 Å². The van der Waals surface area contributed by atoms with Crippen molar-refractivity contribution in [3.63, 3.8) is 0 Å². The molecule has 0 saturated carbocycles. The Morgan fingerprint density at radius 2 is 1.86 bits per heavy atom. The lowest BCUT2D eigenvalue weighted by atomic mass is 9.80. The van der Waals surface area contributed by atoms with E-state index in [0.29, 0.717) is 4.90 Å². The van der Waals surface area contributed by atoms with Crippen molar-refractivity contribution in [1.29, 1.82) is 0 Å². The molecule has 1 rings (SSSR count). The zero-order chi connectivity index (χ0) is 10.7. The zero-order valence-corrected chi connectivity index (χ0v) is 9.45. The quantitative estimate of drug-likeness (QED) is 0.601. The van der Waals surface area contributed by atoms with Gasteiger partial charge in [0.1, 0.15) is 5.82 Å². The SMILES string of the molecule is CSc1cc(SC)c(F)c(B(O)O)c1. The first kappa shape index (κ1) is 11.9. The van der Waals surface area contributed by atoms with Crippen LogP contribution in [0.3, 0.4) is 0 Å². The van der Waals surface area contributed by atoms with Crippen LogP contribution in [0.15, 0.2) is 21.9 Å². The van der Waals surface area contributed by atoms with Gasteiger partial charge >= 0.3 is 7.12 Å². The van der Waals surface area contributed by atoms with E-state index in [2.05, 4.69) is 0 Å². The normalized spacial score (nSPS) is 10.4. The van der Waals surface area contributed by atoms with Crippen LogP contribution in [0.1, 0.15) is 0 Å². The third kappa shape index (κ3) is 2.45. The van der Waals surface area contributed by atoms with Crippen molar-refractivity contribution in [2.45, 2.75) is 9.79 Å². The summed E-state index contributed by atoms with van der Waals surface area (Å²) in [6, 6.07) is 3.14. The van der Waals surface area contributed by atoms with Crippen LogP contribution >= 0.6 is 23.5 Å². The molecule has 0 aromatic heterocycles. The molecule has 0 atom stereocenters. The molecule has 1 aromatic rings. The molecule has 0 bridgehead atoms. The smallest absolute Gasteiger partial charge is 0.423 e. The molecule has 1 aromatic carbocycles. The topological polar surface area (TPSA) is 40.5 Å². The molecule has 0 spiro atoms. The predicted octanol–water partition coefficient (Wildman–Crippen LogP) is 0.949. The molecule has 76 valence electrons. The summed E-state index contributed by atoms with van der Waals surface area (Å²) in [5, 5.41) is 17.9. The van der Waals surface area contributed by atoms with E-state index in [4.69, 9.17) is 10.0 Å². The van der Waals surface area contributed by atoms with E-state index in [1.807, 2.05) is 6.26 Å². The van der Waals surface area contributed by atoms with Crippen LogP contribution in [0.5, 0.6) is 0 Å². The highest BCUT2D eigenvalue weighted by Gasteiger charge is 2.19. The third-order valence-electron chi connectivity index (χ3n) is 1.77. The number of thioether (sulfide) groups is 2. The molecule has 0 aliphatic carbocycles. The average molecular weight is 232 g/mol. The zero-order valence-electron chi connectivity index (χ0n) is 7.82. The molecule has 2 N–H and O–H groups in total. The Bertz CT molecular complexity index is 333. The highest BCUT2D eigenvalue weighted by molar-refractivity contribution is 7.99. The molecule has 0 unspecified atom stereocenters. The summed E-state index contributed by atoms with van der Waals surface area (Å²) in [7, 11) is -1.76. The van der Waals surface area contributed by atoms with Gasteiger partial charge in [-0.25, -0.2) is 4.39 Å². The molecular weight excluding hydrogens is 222 g/mol. The maximum Gasteiger partial charge on any atom is 0.491 e. The highest BCUT2D eigenvalue weighted by Crippen LogP contribution is 2.23. The van der Waals surface area contributed by atoms with Crippen LogP contribution in [0, 0.1) is 5.82 Å². The van der Waals surface area contributed by atoms with Crippen molar-refractivity contribution in [2.24, 2.45) is 0 Å². The van der Waals surface area contributed by atoms with E-state index in [-0.39, 0.29) is 5.46 Å². The molecule has 0 amide bonds.